The highest BCUT2D eigenvalue weighted by molar-refractivity contribution is 5.74. The van der Waals surface area contributed by atoms with Crippen molar-refractivity contribution in [3.8, 4) is 0 Å². The van der Waals surface area contributed by atoms with E-state index in [0.29, 0.717) is 0 Å². The minimum absolute atomic E-state index is 0. The Hall–Kier alpha value is -1.38. The molecule has 15 heavy (non-hydrogen) atoms. The van der Waals surface area contributed by atoms with Gasteiger partial charge in [0.1, 0.15) is 5.82 Å². The molecule has 1 N–H and O–H groups in total. The van der Waals surface area contributed by atoms with Crippen LogP contribution >= 0.6 is 0 Å². The van der Waals surface area contributed by atoms with Crippen LogP contribution in [0.3, 0.4) is 0 Å². The largest absolute Gasteiger partial charge is 0.341 e. The van der Waals surface area contributed by atoms with Crippen LogP contribution in [0.4, 0.5) is 0 Å². The number of hydrogen-bond acceptors (Lipinski definition) is 2. The highest BCUT2D eigenvalue weighted by Gasteiger charge is 1.97. The molecule has 0 saturated carbocycles. The molecule has 0 unspecified atom stereocenters. The number of H-pyrrole nitrogens is 1. The van der Waals surface area contributed by atoms with Gasteiger partial charge in [0.05, 0.1) is 17.2 Å². The van der Waals surface area contributed by atoms with E-state index < -0.39 is 0 Å². The summed E-state index contributed by atoms with van der Waals surface area (Å²) in [7, 11) is 0. The molecule has 2 heterocycles. The van der Waals surface area contributed by atoms with Crippen LogP contribution in [-0.2, 0) is 0 Å². The number of hydrogen-bond donors (Lipinski definition) is 1. The molecule has 86 valence electrons. The summed E-state index contributed by atoms with van der Waals surface area (Å²) in [6, 6.07) is 1.97. The second kappa shape index (κ2) is 6.98. The summed E-state index contributed by atoms with van der Waals surface area (Å²) in [6.45, 7) is 11.9. The van der Waals surface area contributed by atoms with Crippen LogP contribution in [0, 0.1) is 13.8 Å². The first-order valence-corrected chi connectivity index (χ1v) is 5.55. The molecule has 0 spiro atoms. The van der Waals surface area contributed by atoms with Crippen molar-refractivity contribution >= 4 is 11.0 Å². The first-order valence-electron chi connectivity index (χ1n) is 5.55. The van der Waals surface area contributed by atoms with Gasteiger partial charge in [0.15, 0.2) is 0 Å². The topological polar surface area (TPSA) is 41.6 Å². The Morgan fingerprint density at radius 2 is 1.73 bits per heavy atom. The van der Waals surface area contributed by atoms with Crippen molar-refractivity contribution in [2.75, 3.05) is 0 Å². The van der Waals surface area contributed by atoms with Crippen molar-refractivity contribution in [3.05, 3.63) is 23.8 Å². The predicted molar refractivity (Wildman–Crippen MR) is 68.2 cm³/mol. The van der Waals surface area contributed by atoms with Gasteiger partial charge in [0.25, 0.3) is 0 Å². The van der Waals surface area contributed by atoms with E-state index >= 15 is 0 Å². The highest BCUT2D eigenvalue weighted by atomic mass is 14.9. The van der Waals surface area contributed by atoms with E-state index in [-0.39, 0.29) is 1.43 Å². The maximum atomic E-state index is 4.28. The summed E-state index contributed by atoms with van der Waals surface area (Å²) in [5.74, 6) is 0.937. The summed E-state index contributed by atoms with van der Waals surface area (Å²) in [4.78, 5) is 11.5. The number of aromatic nitrogens is 3. The predicted octanol–water partition coefficient (Wildman–Crippen LogP) is 3.87. The van der Waals surface area contributed by atoms with Crippen LogP contribution in [0.1, 0.15) is 40.6 Å². The maximum absolute atomic E-state index is 4.28. The van der Waals surface area contributed by atoms with E-state index in [9.17, 15) is 0 Å². The van der Waals surface area contributed by atoms with E-state index in [2.05, 4.69) is 15.0 Å². The summed E-state index contributed by atoms with van der Waals surface area (Å²) in [6.07, 6.45) is 1.81. The zero-order valence-electron chi connectivity index (χ0n) is 10.5. The first-order chi connectivity index (χ1) is 7.25. The van der Waals surface area contributed by atoms with E-state index in [4.69, 9.17) is 0 Å². The minimum Gasteiger partial charge on any atom is -0.341 e. The lowest BCUT2D eigenvalue weighted by molar-refractivity contribution is 1.17. The summed E-state index contributed by atoms with van der Waals surface area (Å²) in [5.41, 5.74) is 3.01. The van der Waals surface area contributed by atoms with Gasteiger partial charge >= 0.3 is 0 Å². The van der Waals surface area contributed by atoms with Crippen molar-refractivity contribution < 1.29 is 1.43 Å². The van der Waals surface area contributed by atoms with Crippen LogP contribution in [0.15, 0.2) is 12.3 Å². The lowest BCUT2D eigenvalue weighted by Gasteiger charge is -1.88. The van der Waals surface area contributed by atoms with Crippen LogP contribution < -0.4 is 0 Å². The highest BCUT2D eigenvalue weighted by Crippen LogP contribution is 2.09. The van der Waals surface area contributed by atoms with E-state index in [1.807, 2.05) is 53.8 Å². The molecular weight excluding hydrogens is 186 g/mol. The molecule has 0 fully saturated rings. The van der Waals surface area contributed by atoms with Crippen LogP contribution in [0.2, 0.25) is 0 Å². The number of imidazole rings is 1. The normalized spacial score (nSPS) is 8.67. The number of aromatic amines is 1. The fourth-order valence-corrected chi connectivity index (χ4v) is 1.14. The third kappa shape index (κ3) is 3.70. The Balaban J connectivity index is 0. The Bertz CT molecular complexity index is 396. The van der Waals surface area contributed by atoms with Gasteiger partial charge in [-0.2, -0.15) is 0 Å². The Morgan fingerprint density at radius 3 is 2.33 bits per heavy atom. The molecule has 0 aromatic carbocycles. The number of fused-ring (bicyclic) bond motifs is 1. The van der Waals surface area contributed by atoms with Crippen LogP contribution in [0.25, 0.3) is 11.0 Å². The summed E-state index contributed by atoms with van der Waals surface area (Å²) >= 11 is 0. The van der Waals surface area contributed by atoms with Crippen LogP contribution in [-0.4, -0.2) is 15.0 Å². The van der Waals surface area contributed by atoms with Gasteiger partial charge in [-0.05, 0) is 19.9 Å². The standard InChI is InChI=1S/C8H9N3.2C2H6.H2/c1-5-3-7-8(4-9-5)11-6(2)10-7;2*1-2;/h3-4H,1-2H3,(H,10,11);2*1-2H3;1H. The SMILES string of the molecule is CC.CC.Cc1cc2nc(C)[nH]c2cn1.[HH]. The number of pyridine rings is 1. The van der Waals surface area contributed by atoms with Gasteiger partial charge in [0.2, 0.25) is 0 Å². The first kappa shape index (κ1) is 13.6. The fraction of sp³-hybridized carbons (Fsp3) is 0.500. The molecule has 3 heteroatoms. The fourth-order valence-electron chi connectivity index (χ4n) is 1.14. The van der Waals surface area contributed by atoms with E-state index in [1.54, 1.807) is 0 Å². The monoisotopic (exact) mass is 209 g/mol. The third-order valence-electron chi connectivity index (χ3n) is 1.62. The molecule has 0 radical (unpaired) electrons. The van der Waals surface area contributed by atoms with Crippen LogP contribution in [0.5, 0.6) is 0 Å². The lowest BCUT2D eigenvalue weighted by Crippen LogP contribution is -1.78. The van der Waals surface area contributed by atoms with Gasteiger partial charge in [-0.15, -0.1) is 0 Å². The second-order valence-electron chi connectivity index (χ2n) is 2.67. The third-order valence-corrected chi connectivity index (χ3v) is 1.62. The van der Waals surface area contributed by atoms with Gasteiger partial charge in [-0.25, -0.2) is 4.98 Å². The molecule has 3 nitrogen and oxygen atoms in total. The van der Waals surface area contributed by atoms with Crippen molar-refractivity contribution in [2.45, 2.75) is 41.5 Å². The second-order valence-corrected chi connectivity index (χ2v) is 2.67. The average molecular weight is 209 g/mol. The van der Waals surface area contributed by atoms with Gasteiger partial charge in [0, 0.05) is 7.12 Å². The number of nitrogens with zero attached hydrogens (tertiary/aromatic N) is 2. The summed E-state index contributed by atoms with van der Waals surface area (Å²) < 4.78 is 0. The zero-order valence-corrected chi connectivity index (χ0v) is 10.5. The molecule has 0 aliphatic heterocycles. The molecule has 0 amide bonds. The molecule has 0 bridgehead atoms. The zero-order chi connectivity index (χ0) is 11.8. The summed E-state index contributed by atoms with van der Waals surface area (Å²) in [5, 5.41) is 0. The maximum Gasteiger partial charge on any atom is 0.104 e. The Kier molecular flexibility index (Phi) is 6.34. The van der Waals surface area contributed by atoms with Crippen molar-refractivity contribution in [1.29, 1.82) is 0 Å². The van der Waals surface area contributed by atoms with E-state index in [1.165, 1.54) is 0 Å². The Morgan fingerprint density at radius 1 is 1.13 bits per heavy atom. The van der Waals surface area contributed by atoms with Gasteiger partial charge < -0.3 is 4.98 Å². The average Bonchev–Trinajstić information content (AvgIpc) is 2.63. The van der Waals surface area contributed by atoms with Crippen molar-refractivity contribution in [1.82, 2.24) is 15.0 Å². The van der Waals surface area contributed by atoms with Crippen molar-refractivity contribution in [2.24, 2.45) is 0 Å². The number of rotatable bonds is 0. The smallest absolute Gasteiger partial charge is 0.104 e. The lowest BCUT2D eigenvalue weighted by atomic mass is 10.3. The molecule has 0 saturated heterocycles. The Labute approximate surface area is 93.4 Å². The van der Waals surface area contributed by atoms with Gasteiger partial charge in [-0.3, -0.25) is 4.98 Å². The van der Waals surface area contributed by atoms with Gasteiger partial charge in [-0.1, -0.05) is 27.7 Å². The van der Waals surface area contributed by atoms with Crippen molar-refractivity contribution in [3.63, 3.8) is 0 Å². The number of aryl methyl sites for hydroxylation is 2. The molecule has 2 rings (SSSR count). The minimum atomic E-state index is 0. The molecule has 2 aromatic rings. The molecular formula is C12H23N3. The quantitative estimate of drug-likeness (QED) is 0.715. The molecule has 0 aliphatic rings. The molecule has 0 atom stereocenters. The molecule has 0 aliphatic carbocycles. The number of nitrogens with one attached hydrogen (secondary N) is 1. The molecule has 2 aromatic heterocycles. The van der Waals surface area contributed by atoms with E-state index in [0.717, 1.165) is 22.6 Å².